The lowest BCUT2D eigenvalue weighted by Gasteiger charge is -2.03. The molecular weight excluding hydrogens is 205 g/mol. The first-order valence-electron chi connectivity index (χ1n) is 4.72. The van der Waals surface area contributed by atoms with Crippen molar-refractivity contribution in [2.24, 2.45) is 0 Å². The molecule has 0 fully saturated rings. The Kier molecular flexibility index (Phi) is 1.68. The molecule has 0 saturated carbocycles. The maximum Gasteiger partial charge on any atom is 0.229 e. The van der Waals surface area contributed by atoms with Crippen LogP contribution in [0.2, 0.25) is 0 Å². The summed E-state index contributed by atoms with van der Waals surface area (Å²) >= 11 is 0. The van der Waals surface area contributed by atoms with Gasteiger partial charge in [0.25, 0.3) is 0 Å². The average molecular weight is 211 g/mol. The number of nitrogens with zero attached hydrogens (tertiary/aromatic N) is 3. The van der Waals surface area contributed by atoms with Gasteiger partial charge in [0.2, 0.25) is 5.69 Å². The molecule has 0 aliphatic carbocycles. The Labute approximate surface area is 90.6 Å². The molecule has 0 spiro atoms. The van der Waals surface area contributed by atoms with Gasteiger partial charge in [0, 0.05) is 24.0 Å². The maximum absolute atomic E-state index is 13.4. The molecule has 0 saturated heterocycles. The van der Waals surface area contributed by atoms with Gasteiger partial charge in [0.1, 0.15) is 11.5 Å². The van der Waals surface area contributed by atoms with Gasteiger partial charge in [-0.2, -0.15) is 0 Å². The second kappa shape index (κ2) is 3.04. The number of halogens is 1. The summed E-state index contributed by atoms with van der Waals surface area (Å²) in [5, 5.41) is 1.40. The van der Waals surface area contributed by atoms with Gasteiger partial charge >= 0.3 is 0 Å². The molecule has 4 heteroatoms. The zero-order valence-corrected chi connectivity index (χ0v) is 8.18. The topological polar surface area (TPSA) is 21.7 Å². The van der Waals surface area contributed by atoms with E-state index < -0.39 is 5.82 Å². The Bertz CT molecular complexity index is 737. The first-order chi connectivity index (χ1) is 7.81. The van der Waals surface area contributed by atoms with Crippen molar-refractivity contribution in [2.45, 2.75) is 0 Å². The van der Waals surface area contributed by atoms with E-state index in [-0.39, 0.29) is 5.69 Å². The molecule has 0 radical (unpaired) electrons. The van der Waals surface area contributed by atoms with E-state index in [9.17, 15) is 4.39 Å². The first-order valence-corrected chi connectivity index (χ1v) is 4.72. The smallest absolute Gasteiger partial charge is 0.229 e. The van der Waals surface area contributed by atoms with Crippen LogP contribution in [-0.2, 0) is 0 Å². The van der Waals surface area contributed by atoms with Gasteiger partial charge in [-0.25, -0.2) is 14.2 Å². The van der Waals surface area contributed by atoms with E-state index in [4.69, 9.17) is 6.57 Å². The van der Waals surface area contributed by atoms with Crippen LogP contribution >= 0.6 is 0 Å². The zero-order valence-electron chi connectivity index (χ0n) is 8.18. The minimum Gasteiger partial charge on any atom is -0.307 e. The third-order valence-corrected chi connectivity index (χ3v) is 2.59. The molecule has 1 aromatic carbocycles. The van der Waals surface area contributed by atoms with Crippen molar-refractivity contribution < 1.29 is 4.39 Å². The zero-order chi connectivity index (χ0) is 11.1. The molecule has 2 heterocycles. The van der Waals surface area contributed by atoms with E-state index in [0.717, 1.165) is 11.0 Å². The van der Waals surface area contributed by atoms with E-state index in [0.29, 0.717) is 5.39 Å². The van der Waals surface area contributed by atoms with Gasteiger partial charge in [-0.1, -0.05) is 6.07 Å². The number of aromatic nitrogens is 2. The van der Waals surface area contributed by atoms with Crippen LogP contribution in [0.1, 0.15) is 0 Å². The van der Waals surface area contributed by atoms with E-state index in [1.165, 1.54) is 6.07 Å². The van der Waals surface area contributed by atoms with Crippen LogP contribution in [0.25, 0.3) is 21.3 Å². The van der Waals surface area contributed by atoms with Crippen molar-refractivity contribution in [1.29, 1.82) is 0 Å². The monoisotopic (exact) mass is 211 g/mol. The lowest BCUT2D eigenvalue weighted by molar-refractivity contribution is 0.635. The van der Waals surface area contributed by atoms with Crippen LogP contribution in [0, 0.1) is 12.4 Å². The molecule has 0 amide bonds. The fourth-order valence-electron chi connectivity index (χ4n) is 1.86. The van der Waals surface area contributed by atoms with E-state index in [1.54, 1.807) is 24.5 Å². The highest BCUT2D eigenvalue weighted by Gasteiger charge is 2.09. The number of benzene rings is 1. The van der Waals surface area contributed by atoms with Crippen LogP contribution in [0.15, 0.2) is 36.8 Å². The van der Waals surface area contributed by atoms with Crippen molar-refractivity contribution in [3.8, 4) is 0 Å². The predicted molar refractivity (Wildman–Crippen MR) is 58.9 cm³/mol. The number of rotatable bonds is 0. The van der Waals surface area contributed by atoms with Gasteiger partial charge < -0.3 is 4.40 Å². The summed E-state index contributed by atoms with van der Waals surface area (Å²) in [5.41, 5.74) is 0.797. The molecule has 2 aromatic heterocycles. The fraction of sp³-hybridized carbons (Fsp3) is 0. The summed E-state index contributed by atoms with van der Waals surface area (Å²) in [4.78, 5) is 7.42. The molecule has 0 atom stereocenters. The minimum absolute atomic E-state index is 0.0583. The van der Waals surface area contributed by atoms with Crippen LogP contribution in [-0.4, -0.2) is 9.38 Å². The number of fused-ring (bicyclic) bond motifs is 3. The largest absolute Gasteiger partial charge is 0.307 e. The number of hydrogen-bond donors (Lipinski definition) is 0. The summed E-state index contributed by atoms with van der Waals surface area (Å²) in [6.07, 6.45) is 5.27. The van der Waals surface area contributed by atoms with Crippen LogP contribution < -0.4 is 0 Å². The van der Waals surface area contributed by atoms with Crippen LogP contribution in [0.4, 0.5) is 10.1 Å². The Morgan fingerprint density at radius 2 is 2.06 bits per heavy atom. The van der Waals surface area contributed by atoms with Gasteiger partial charge in [-0.3, -0.25) is 0 Å². The molecule has 3 nitrogen and oxygen atoms in total. The average Bonchev–Trinajstić information content (AvgIpc) is 2.76. The first kappa shape index (κ1) is 8.86. The third-order valence-electron chi connectivity index (χ3n) is 2.59. The number of imidazole rings is 1. The molecule has 0 N–H and O–H groups in total. The molecule has 3 rings (SSSR count). The van der Waals surface area contributed by atoms with E-state index in [2.05, 4.69) is 9.83 Å². The maximum atomic E-state index is 13.4. The molecule has 0 unspecified atom stereocenters. The highest BCUT2D eigenvalue weighted by atomic mass is 19.1. The highest BCUT2D eigenvalue weighted by molar-refractivity contribution is 6.01. The molecule has 0 bridgehead atoms. The molecule has 16 heavy (non-hydrogen) atoms. The van der Waals surface area contributed by atoms with E-state index in [1.807, 2.05) is 10.6 Å². The summed E-state index contributed by atoms with van der Waals surface area (Å²) in [6.45, 7) is 7.00. The van der Waals surface area contributed by atoms with Crippen molar-refractivity contribution >= 4 is 22.1 Å². The van der Waals surface area contributed by atoms with Gasteiger partial charge in [0.05, 0.1) is 6.57 Å². The summed E-state index contributed by atoms with van der Waals surface area (Å²) in [5.74, 6) is -0.488. The summed E-state index contributed by atoms with van der Waals surface area (Å²) in [7, 11) is 0. The van der Waals surface area contributed by atoms with Gasteiger partial charge in [-0.15, -0.1) is 0 Å². The molecule has 0 aliphatic rings. The Morgan fingerprint density at radius 1 is 1.19 bits per heavy atom. The fourth-order valence-corrected chi connectivity index (χ4v) is 1.86. The normalized spacial score (nSPS) is 10.8. The number of hydrogen-bond acceptors (Lipinski definition) is 1. The van der Waals surface area contributed by atoms with Crippen molar-refractivity contribution in [1.82, 2.24) is 9.38 Å². The Balaban J connectivity index is 2.60. The lowest BCUT2D eigenvalue weighted by atomic mass is 10.1. The molecule has 0 aliphatic heterocycles. The molecule has 3 aromatic rings. The van der Waals surface area contributed by atoms with E-state index >= 15 is 0 Å². The summed E-state index contributed by atoms with van der Waals surface area (Å²) < 4.78 is 15.2. The second-order valence-electron chi connectivity index (χ2n) is 3.44. The van der Waals surface area contributed by atoms with Gasteiger partial charge in [-0.05, 0) is 17.5 Å². The predicted octanol–water partition coefficient (Wildman–Crippen LogP) is 3.18. The molecule has 76 valence electrons. The SMILES string of the molecule is [C-]#[N+]c1c(F)ccc2c1ccn1ccnc21. The Morgan fingerprint density at radius 3 is 2.88 bits per heavy atom. The minimum atomic E-state index is -0.488. The second-order valence-corrected chi connectivity index (χ2v) is 3.44. The quantitative estimate of drug-likeness (QED) is 0.523. The van der Waals surface area contributed by atoms with Crippen LogP contribution in [0.3, 0.4) is 0 Å². The van der Waals surface area contributed by atoms with Crippen molar-refractivity contribution in [2.75, 3.05) is 0 Å². The summed E-state index contributed by atoms with van der Waals surface area (Å²) in [6, 6.07) is 4.70. The highest BCUT2D eigenvalue weighted by Crippen LogP contribution is 2.30. The standard InChI is InChI=1S/C12H6FN3/c1-14-11-8-4-6-16-7-5-15-12(16)9(8)2-3-10(11)13/h2-7H. The van der Waals surface area contributed by atoms with Crippen molar-refractivity contribution in [3.05, 3.63) is 54.0 Å². The Hall–Kier alpha value is -2.41. The lowest BCUT2D eigenvalue weighted by Crippen LogP contribution is -1.86. The molecular formula is C12H6FN3. The van der Waals surface area contributed by atoms with Crippen LogP contribution in [0.5, 0.6) is 0 Å². The third kappa shape index (κ3) is 1.03. The van der Waals surface area contributed by atoms with Gasteiger partial charge in [0.15, 0.2) is 0 Å². The number of pyridine rings is 1. The van der Waals surface area contributed by atoms with Crippen molar-refractivity contribution in [3.63, 3.8) is 0 Å².